The zero-order valence-corrected chi connectivity index (χ0v) is 19.2. The van der Waals surface area contributed by atoms with Crippen LogP contribution in [-0.2, 0) is 16.1 Å². The van der Waals surface area contributed by atoms with Crippen LogP contribution in [0.3, 0.4) is 0 Å². The Balaban J connectivity index is 1.33. The molecule has 1 aromatic heterocycles. The number of furan rings is 1. The van der Waals surface area contributed by atoms with E-state index in [0.29, 0.717) is 23.5 Å². The number of hydrogen-bond acceptors (Lipinski definition) is 6. The smallest absolute Gasteiger partial charge is 0.290 e. The van der Waals surface area contributed by atoms with Crippen molar-refractivity contribution in [2.45, 2.75) is 13.5 Å². The maximum atomic E-state index is 13.1. The first-order valence-electron chi connectivity index (χ1n) is 11.4. The molecule has 2 heterocycles. The van der Waals surface area contributed by atoms with Gasteiger partial charge < -0.3 is 29.0 Å². The van der Waals surface area contributed by atoms with Gasteiger partial charge in [0.05, 0.1) is 19.5 Å². The monoisotopic (exact) mass is 463 g/mol. The predicted molar refractivity (Wildman–Crippen MR) is 129 cm³/mol. The maximum Gasteiger partial charge on any atom is 0.290 e. The number of carbonyl (C=O) groups excluding carboxylic acids is 2. The summed E-state index contributed by atoms with van der Waals surface area (Å²) in [5.41, 5.74) is 2.40. The Morgan fingerprint density at radius 3 is 2.47 bits per heavy atom. The fourth-order valence-corrected chi connectivity index (χ4v) is 3.74. The van der Waals surface area contributed by atoms with Crippen LogP contribution in [0, 0.1) is 0 Å². The van der Waals surface area contributed by atoms with Crippen LogP contribution in [-0.4, -0.2) is 56.1 Å². The number of morpholine rings is 1. The molecular formula is C26H29N3O5. The lowest BCUT2D eigenvalue weighted by Gasteiger charge is -2.29. The number of para-hydroxylation sites is 1. The van der Waals surface area contributed by atoms with Crippen molar-refractivity contribution >= 4 is 23.2 Å². The number of carbonyl (C=O) groups is 2. The normalized spacial score (nSPS) is 13.4. The van der Waals surface area contributed by atoms with E-state index in [-0.39, 0.29) is 30.7 Å². The molecule has 2 aromatic carbocycles. The van der Waals surface area contributed by atoms with Crippen molar-refractivity contribution in [3.8, 4) is 5.75 Å². The van der Waals surface area contributed by atoms with E-state index in [4.69, 9.17) is 13.9 Å². The second-order valence-corrected chi connectivity index (χ2v) is 7.89. The fourth-order valence-electron chi connectivity index (χ4n) is 3.74. The lowest BCUT2D eigenvalue weighted by Crippen LogP contribution is -2.38. The zero-order chi connectivity index (χ0) is 23.8. The van der Waals surface area contributed by atoms with Crippen LogP contribution in [0.15, 0.2) is 71.3 Å². The highest BCUT2D eigenvalue weighted by Crippen LogP contribution is 2.20. The first-order chi connectivity index (χ1) is 16.6. The van der Waals surface area contributed by atoms with Crippen LogP contribution >= 0.6 is 0 Å². The summed E-state index contributed by atoms with van der Waals surface area (Å²) in [6.45, 7) is 5.44. The predicted octanol–water partition coefficient (Wildman–Crippen LogP) is 3.80. The van der Waals surface area contributed by atoms with Crippen LogP contribution in [0.4, 0.5) is 11.4 Å². The van der Waals surface area contributed by atoms with Crippen molar-refractivity contribution in [3.63, 3.8) is 0 Å². The van der Waals surface area contributed by atoms with Gasteiger partial charge in [-0.3, -0.25) is 9.59 Å². The van der Waals surface area contributed by atoms with Gasteiger partial charge in [-0.05, 0) is 49.4 Å². The molecule has 1 N–H and O–H groups in total. The second kappa shape index (κ2) is 11.4. The van der Waals surface area contributed by atoms with Crippen molar-refractivity contribution < 1.29 is 23.5 Å². The number of benzene rings is 2. The minimum absolute atomic E-state index is 0.0831. The van der Waals surface area contributed by atoms with E-state index in [2.05, 4.69) is 10.2 Å². The van der Waals surface area contributed by atoms with E-state index < -0.39 is 0 Å². The third kappa shape index (κ3) is 5.96. The Labute approximate surface area is 199 Å². The molecule has 3 aromatic rings. The summed E-state index contributed by atoms with van der Waals surface area (Å²) in [5.74, 6) is 0.258. The van der Waals surface area contributed by atoms with E-state index >= 15 is 0 Å². The molecule has 1 fully saturated rings. The number of amides is 2. The number of nitrogens with one attached hydrogen (secondary N) is 1. The number of hydrogen-bond donors (Lipinski definition) is 1. The molecule has 1 saturated heterocycles. The summed E-state index contributed by atoms with van der Waals surface area (Å²) >= 11 is 0. The van der Waals surface area contributed by atoms with Gasteiger partial charge in [-0.15, -0.1) is 0 Å². The van der Waals surface area contributed by atoms with Gasteiger partial charge in [0.25, 0.3) is 5.91 Å². The van der Waals surface area contributed by atoms with Gasteiger partial charge in [0.1, 0.15) is 18.9 Å². The number of anilines is 2. The number of ether oxygens (including phenoxy) is 2. The Bertz CT molecular complexity index is 1080. The molecule has 8 heteroatoms. The van der Waals surface area contributed by atoms with Crippen molar-refractivity contribution in [2.75, 3.05) is 49.6 Å². The topological polar surface area (TPSA) is 84.3 Å². The molecule has 178 valence electrons. The molecule has 0 atom stereocenters. The molecule has 0 aliphatic carbocycles. The molecule has 0 saturated carbocycles. The Hall–Kier alpha value is -3.78. The summed E-state index contributed by atoms with van der Waals surface area (Å²) in [5, 5.41) is 2.87. The third-order valence-corrected chi connectivity index (χ3v) is 5.61. The minimum Gasteiger partial charge on any atom is -0.489 e. The summed E-state index contributed by atoms with van der Waals surface area (Å²) < 4.78 is 16.6. The molecule has 0 spiro atoms. The lowest BCUT2D eigenvalue weighted by molar-refractivity contribution is -0.116. The lowest BCUT2D eigenvalue weighted by atomic mass is 10.2. The highest BCUT2D eigenvalue weighted by atomic mass is 16.5. The van der Waals surface area contributed by atoms with Crippen molar-refractivity contribution in [3.05, 3.63) is 78.3 Å². The number of rotatable bonds is 9. The van der Waals surface area contributed by atoms with E-state index in [9.17, 15) is 9.59 Å². The Kier molecular flexibility index (Phi) is 7.83. The molecule has 1 aliphatic heterocycles. The molecule has 2 amide bonds. The first-order valence-corrected chi connectivity index (χ1v) is 11.4. The quantitative estimate of drug-likeness (QED) is 0.520. The van der Waals surface area contributed by atoms with Gasteiger partial charge in [0.15, 0.2) is 5.76 Å². The Morgan fingerprint density at radius 1 is 1.03 bits per heavy atom. The minimum atomic E-state index is -0.350. The summed E-state index contributed by atoms with van der Waals surface area (Å²) in [4.78, 5) is 29.4. The average molecular weight is 464 g/mol. The van der Waals surface area contributed by atoms with Gasteiger partial charge >= 0.3 is 0 Å². The number of nitrogens with zero attached hydrogens (tertiary/aromatic N) is 2. The first kappa shape index (κ1) is 23.4. The fraction of sp³-hybridized carbons (Fsp3) is 0.308. The maximum absolute atomic E-state index is 13.1. The molecule has 0 unspecified atom stereocenters. The second-order valence-electron chi connectivity index (χ2n) is 7.89. The van der Waals surface area contributed by atoms with E-state index in [0.717, 1.165) is 32.0 Å². The van der Waals surface area contributed by atoms with Crippen LogP contribution in [0.5, 0.6) is 5.75 Å². The van der Waals surface area contributed by atoms with Gasteiger partial charge in [0, 0.05) is 36.6 Å². The highest BCUT2D eigenvalue weighted by Gasteiger charge is 2.23. The summed E-state index contributed by atoms with van der Waals surface area (Å²) in [6, 6.07) is 18.8. The van der Waals surface area contributed by atoms with Gasteiger partial charge in [-0.2, -0.15) is 0 Å². The molecule has 8 nitrogen and oxygen atoms in total. The van der Waals surface area contributed by atoms with E-state index in [1.54, 1.807) is 6.07 Å². The van der Waals surface area contributed by atoms with Crippen LogP contribution < -0.4 is 15.0 Å². The zero-order valence-electron chi connectivity index (χ0n) is 19.2. The SMILES string of the molecule is CCN(CC(=O)Nc1ccc(N2CCOCC2)cc1)C(=O)c1occc1COc1ccccc1. The average Bonchev–Trinajstić information content (AvgIpc) is 3.36. The van der Waals surface area contributed by atoms with Crippen LogP contribution in [0.2, 0.25) is 0 Å². The van der Waals surface area contributed by atoms with Crippen LogP contribution in [0.1, 0.15) is 23.0 Å². The molecule has 34 heavy (non-hydrogen) atoms. The van der Waals surface area contributed by atoms with Crippen molar-refractivity contribution in [1.29, 1.82) is 0 Å². The Morgan fingerprint density at radius 2 is 1.76 bits per heavy atom. The van der Waals surface area contributed by atoms with Gasteiger partial charge in [0.2, 0.25) is 5.91 Å². The van der Waals surface area contributed by atoms with Crippen LogP contribution in [0.25, 0.3) is 0 Å². The van der Waals surface area contributed by atoms with Gasteiger partial charge in [-0.25, -0.2) is 0 Å². The molecule has 0 radical (unpaired) electrons. The molecule has 1 aliphatic rings. The summed E-state index contributed by atoms with van der Waals surface area (Å²) in [6.07, 6.45) is 1.46. The van der Waals surface area contributed by atoms with E-state index in [1.807, 2.05) is 61.5 Å². The van der Waals surface area contributed by atoms with Crippen molar-refractivity contribution in [2.24, 2.45) is 0 Å². The van der Waals surface area contributed by atoms with Crippen molar-refractivity contribution in [1.82, 2.24) is 4.90 Å². The van der Waals surface area contributed by atoms with E-state index in [1.165, 1.54) is 11.2 Å². The molecule has 4 rings (SSSR count). The highest BCUT2D eigenvalue weighted by molar-refractivity contribution is 5.98. The van der Waals surface area contributed by atoms with Gasteiger partial charge in [-0.1, -0.05) is 18.2 Å². The molecular weight excluding hydrogens is 434 g/mol. The largest absolute Gasteiger partial charge is 0.489 e. The third-order valence-electron chi connectivity index (χ3n) is 5.61. The number of likely N-dealkylation sites (N-methyl/N-ethyl adjacent to an activating group) is 1. The summed E-state index contributed by atoms with van der Waals surface area (Å²) in [7, 11) is 0. The standard InChI is InChI=1S/C26H29N3O5/c1-2-28(26(31)25-20(12-15-33-25)19-34-23-6-4-3-5-7-23)18-24(30)27-21-8-10-22(11-9-21)29-13-16-32-17-14-29/h3-12,15H,2,13-14,16-19H2,1H3,(H,27,30). The molecule has 0 bridgehead atoms.